The Morgan fingerprint density at radius 1 is 1.11 bits per heavy atom. The molecule has 1 saturated heterocycles. The van der Waals surface area contributed by atoms with Gasteiger partial charge in [0.05, 0.1) is 46.4 Å². The molecular formula is C31H41ClN10O3Si. The maximum Gasteiger partial charge on any atom is 0.404 e. The molecule has 5 rings (SSSR count). The first-order chi connectivity index (χ1) is 21.9. The predicted octanol–water partition coefficient (Wildman–Crippen LogP) is 6.25. The van der Waals surface area contributed by atoms with Gasteiger partial charge in [0.15, 0.2) is 17.2 Å². The summed E-state index contributed by atoms with van der Waals surface area (Å²) < 4.78 is 8.57. The normalized spacial score (nSPS) is 18.6. The number of aromatic nitrogens is 4. The molecule has 46 heavy (non-hydrogen) atoms. The van der Waals surface area contributed by atoms with E-state index >= 15 is 0 Å². The number of anilines is 4. The number of fused-ring (bicyclic) bond motifs is 1. The summed E-state index contributed by atoms with van der Waals surface area (Å²) in [6.07, 6.45) is 2.47. The number of hydrogen-bond acceptors (Lipinski definition) is 10. The number of nitrogens with zero attached hydrogens (tertiary/aromatic N) is 7. The van der Waals surface area contributed by atoms with Crippen molar-refractivity contribution < 1.29 is 14.3 Å². The third kappa shape index (κ3) is 6.56. The quantitative estimate of drug-likeness (QED) is 0.170. The Balaban J connectivity index is 1.50. The summed E-state index contributed by atoms with van der Waals surface area (Å²) in [7, 11) is -2.38. The molecule has 1 aromatic carbocycles. The maximum absolute atomic E-state index is 11.8. The molecule has 0 spiro atoms. The van der Waals surface area contributed by atoms with Crippen LogP contribution >= 0.6 is 11.6 Å². The van der Waals surface area contributed by atoms with Gasteiger partial charge < -0.3 is 30.4 Å². The van der Waals surface area contributed by atoms with Crippen molar-refractivity contribution in [2.45, 2.75) is 95.6 Å². The highest BCUT2D eigenvalue weighted by molar-refractivity contribution is 6.77. The highest BCUT2D eigenvalue weighted by Crippen LogP contribution is 2.45. The molecule has 1 aliphatic heterocycles. The molecule has 1 amide bonds. The van der Waals surface area contributed by atoms with Crippen LogP contribution in [0.25, 0.3) is 5.65 Å². The van der Waals surface area contributed by atoms with E-state index in [9.17, 15) is 20.4 Å². The van der Waals surface area contributed by atoms with Crippen LogP contribution in [0.15, 0.2) is 18.3 Å². The average Bonchev–Trinajstić information content (AvgIpc) is 3.72. The third-order valence-electron chi connectivity index (χ3n) is 9.10. The Morgan fingerprint density at radius 3 is 2.39 bits per heavy atom. The first-order valence-corrected chi connectivity index (χ1v) is 18.2. The fraction of sp³-hybridized carbons (Fsp3) is 0.548. The smallest absolute Gasteiger partial charge is 0.404 e. The van der Waals surface area contributed by atoms with Crippen molar-refractivity contribution in [3.05, 3.63) is 34.6 Å². The van der Waals surface area contributed by atoms with Crippen molar-refractivity contribution >= 4 is 54.8 Å². The van der Waals surface area contributed by atoms with Crippen molar-refractivity contribution in [1.82, 2.24) is 24.9 Å². The van der Waals surface area contributed by atoms with Gasteiger partial charge in [-0.05, 0) is 48.0 Å². The average molecular weight is 665 g/mol. The lowest BCUT2D eigenvalue weighted by molar-refractivity contribution is 0.111. The molecule has 2 fully saturated rings. The Labute approximate surface area is 275 Å². The number of hydrogen-bond donors (Lipinski definition) is 4. The number of rotatable bonds is 11. The lowest BCUT2D eigenvalue weighted by atomic mass is 10.0. The summed E-state index contributed by atoms with van der Waals surface area (Å²) in [5, 5.41) is 43.4. The Morgan fingerprint density at radius 2 is 1.80 bits per heavy atom. The van der Waals surface area contributed by atoms with E-state index in [1.165, 1.54) is 10.7 Å². The summed E-state index contributed by atoms with van der Waals surface area (Å²) in [5.74, 6) is 0.677. The topological polar surface area (TPSA) is 177 Å². The maximum atomic E-state index is 11.8. The fourth-order valence-electron chi connectivity index (χ4n) is 6.89. The summed E-state index contributed by atoms with van der Waals surface area (Å²) in [6, 6.07) is 7.59. The van der Waals surface area contributed by atoms with Crippen molar-refractivity contribution in [2.24, 2.45) is 0 Å². The minimum absolute atomic E-state index is 0.181. The lowest BCUT2D eigenvalue weighted by Crippen LogP contribution is -2.61. The minimum atomic E-state index is -2.38. The van der Waals surface area contributed by atoms with Crippen LogP contribution in [0.4, 0.5) is 27.9 Å². The van der Waals surface area contributed by atoms with Crippen LogP contribution in [0.5, 0.6) is 0 Å². The van der Waals surface area contributed by atoms with E-state index in [1.807, 2.05) is 0 Å². The van der Waals surface area contributed by atoms with Crippen molar-refractivity contribution in [1.29, 1.82) is 10.5 Å². The molecule has 1 saturated carbocycles. The van der Waals surface area contributed by atoms with Crippen LogP contribution in [-0.2, 0) is 4.43 Å². The van der Waals surface area contributed by atoms with Crippen LogP contribution in [-0.4, -0.2) is 70.4 Å². The molecule has 0 radical (unpaired) electrons. The lowest BCUT2D eigenvalue weighted by Gasteiger charge is -2.49. The number of carboxylic acid groups (broad SMARTS) is 1. The SMILES string of the molecule is CC(C)[Si](O[C@H]1CN(c2cc(C#N)cc(Nc3nc(NC4CC4)c4ncc(C#N)n4n3)c2Cl)CC[C@H]1NC(=O)O)(C(C)C)C(C)C. The van der Waals surface area contributed by atoms with E-state index in [0.717, 1.165) is 12.8 Å². The second kappa shape index (κ2) is 13.3. The van der Waals surface area contributed by atoms with E-state index in [2.05, 4.69) is 89.6 Å². The largest absolute Gasteiger partial charge is 0.465 e. The van der Waals surface area contributed by atoms with Crippen LogP contribution in [0.3, 0.4) is 0 Å². The number of amides is 1. The standard InChI is InChI=1S/C31H41ClN10O3Si/c1-17(2)46(18(3)4,19(5)6)45-26-16-41(10-9-23(26)38-31(43)44)25-12-20(13-33)11-24(27(25)32)37-30-39-28(36-21-7-8-21)29-35-15-22(14-34)42(29)40-30/h11-12,15,17-19,21,23,26,38H,7-10,16H2,1-6H3,(H,43,44)(H2,36,37,39,40)/t23-,26+/m1/s1. The van der Waals surface area contributed by atoms with Crippen molar-refractivity contribution in [3.63, 3.8) is 0 Å². The molecule has 2 aromatic heterocycles. The zero-order chi connectivity index (χ0) is 33.3. The molecule has 244 valence electrons. The molecule has 3 aromatic rings. The molecule has 2 atom stereocenters. The zero-order valence-corrected chi connectivity index (χ0v) is 28.8. The first-order valence-electron chi connectivity index (χ1n) is 15.7. The highest BCUT2D eigenvalue weighted by atomic mass is 35.5. The van der Waals surface area contributed by atoms with Crippen LogP contribution in [0.2, 0.25) is 21.6 Å². The molecule has 4 N–H and O–H groups in total. The predicted molar refractivity (Wildman–Crippen MR) is 179 cm³/mol. The van der Waals surface area contributed by atoms with E-state index in [1.54, 1.807) is 12.1 Å². The molecule has 3 heterocycles. The third-order valence-corrected chi connectivity index (χ3v) is 15.6. The van der Waals surface area contributed by atoms with Gasteiger partial charge in [0.2, 0.25) is 14.3 Å². The van der Waals surface area contributed by atoms with Crippen molar-refractivity contribution in [3.8, 4) is 12.1 Å². The summed E-state index contributed by atoms with van der Waals surface area (Å²) in [4.78, 5) is 22.8. The minimum Gasteiger partial charge on any atom is -0.465 e. The molecular weight excluding hydrogens is 624 g/mol. The molecule has 15 heteroatoms. The molecule has 13 nitrogen and oxygen atoms in total. The van der Waals surface area contributed by atoms with Crippen molar-refractivity contribution in [2.75, 3.05) is 28.6 Å². The number of benzene rings is 1. The second-order valence-corrected chi connectivity index (χ2v) is 18.8. The van der Waals surface area contributed by atoms with Gasteiger partial charge in [0.25, 0.3) is 0 Å². The van der Waals surface area contributed by atoms with Gasteiger partial charge >= 0.3 is 6.09 Å². The number of halogens is 1. The van der Waals surface area contributed by atoms with Gasteiger partial charge in [-0.1, -0.05) is 53.1 Å². The van der Waals surface area contributed by atoms with E-state index in [4.69, 9.17) is 16.0 Å². The molecule has 0 bridgehead atoms. The molecule has 2 aliphatic rings. The Bertz CT molecular complexity index is 1670. The van der Waals surface area contributed by atoms with Gasteiger partial charge in [0.1, 0.15) is 6.07 Å². The number of imidazole rings is 1. The number of nitriles is 2. The molecule has 0 unspecified atom stereocenters. The monoisotopic (exact) mass is 664 g/mol. The zero-order valence-electron chi connectivity index (χ0n) is 27.0. The van der Waals surface area contributed by atoms with Crippen LogP contribution in [0, 0.1) is 22.7 Å². The highest BCUT2D eigenvalue weighted by Gasteiger charge is 2.48. The Hall–Kier alpha value is -4.11. The van der Waals surface area contributed by atoms with Crippen LogP contribution < -0.4 is 20.9 Å². The second-order valence-electron chi connectivity index (χ2n) is 13.1. The number of piperidine rings is 1. The van der Waals surface area contributed by atoms with E-state index in [0.29, 0.717) is 69.6 Å². The van der Waals surface area contributed by atoms with Gasteiger partial charge in [-0.15, -0.1) is 5.10 Å². The van der Waals surface area contributed by atoms with E-state index in [-0.39, 0.29) is 17.7 Å². The van der Waals surface area contributed by atoms with Gasteiger partial charge in [-0.2, -0.15) is 20.0 Å². The summed E-state index contributed by atoms with van der Waals surface area (Å²) >= 11 is 7.07. The van der Waals surface area contributed by atoms with Gasteiger partial charge in [-0.25, -0.2) is 9.78 Å². The Kier molecular flexibility index (Phi) is 9.63. The number of nitrogens with one attached hydrogen (secondary N) is 3. The summed E-state index contributed by atoms with van der Waals surface area (Å²) in [6.45, 7) is 14.1. The first kappa shape index (κ1) is 33.3. The van der Waals surface area contributed by atoms with Gasteiger partial charge in [-0.3, -0.25) is 0 Å². The number of carbonyl (C=O) groups is 1. The van der Waals surface area contributed by atoms with Crippen LogP contribution in [0.1, 0.15) is 72.1 Å². The summed E-state index contributed by atoms with van der Waals surface area (Å²) in [5.41, 5.74) is 3.04. The van der Waals surface area contributed by atoms with E-state index < -0.39 is 26.6 Å². The fourth-order valence-corrected chi connectivity index (χ4v) is 12.7. The van der Waals surface area contributed by atoms with Gasteiger partial charge in [0, 0.05) is 19.1 Å². The molecule has 1 aliphatic carbocycles.